The molecule has 6 heteroatoms. The Balaban J connectivity index is 2.59. The van der Waals surface area contributed by atoms with E-state index in [1.165, 1.54) is 0 Å². The van der Waals surface area contributed by atoms with Gasteiger partial charge in [-0.05, 0) is 28.1 Å². The topological polar surface area (TPSA) is 64.2 Å². The van der Waals surface area contributed by atoms with Crippen LogP contribution in [0.5, 0.6) is 5.75 Å². The summed E-state index contributed by atoms with van der Waals surface area (Å²) in [5.41, 5.74) is 1.03. The van der Waals surface area contributed by atoms with E-state index in [9.17, 15) is 4.79 Å². The van der Waals surface area contributed by atoms with Crippen LogP contribution in [0.25, 0.3) is 11.4 Å². The van der Waals surface area contributed by atoms with Crippen molar-refractivity contribution in [3.05, 3.63) is 44.8 Å². The molecule has 0 atom stereocenters. The number of ether oxygens (including phenoxy) is 2. The quantitative estimate of drug-likeness (QED) is 0.937. The van der Waals surface area contributed by atoms with Gasteiger partial charge in [0.15, 0.2) is 0 Å². The maximum absolute atomic E-state index is 11.9. The average molecular weight is 325 g/mol. The molecular formula is C13H13BrN2O3. The molecule has 0 saturated carbocycles. The van der Waals surface area contributed by atoms with E-state index in [0.717, 1.165) is 5.56 Å². The molecule has 0 saturated heterocycles. The highest BCUT2D eigenvalue weighted by atomic mass is 79.9. The number of halogens is 1. The number of aromatic nitrogens is 2. The smallest absolute Gasteiger partial charge is 0.265 e. The molecule has 0 aliphatic rings. The molecule has 2 rings (SSSR count). The van der Waals surface area contributed by atoms with Gasteiger partial charge in [-0.2, -0.15) is 0 Å². The summed E-state index contributed by atoms with van der Waals surface area (Å²) in [4.78, 5) is 19.0. The lowest BCUT2D eigenvalue weighted by Gasteiger charge is -2.09. The Bertz CT molecular complexity index is 640. The molecule has 0 aliphatic carbocycles. The zero-order valence-corrected chi connectivity index (χ0v) is 12.2. The van der Waals surface area contributed by atoms with E-state index in [0.29, 0.717) is 21.7 Å². The van der Waals surface area contributed by atoms with Crippen LogP contribution < -0.4 is 10.3 Å². The van der Waals surface area contributed by atoms with Gasteiger partial charge in [-0.1, -0.05) is 12.1 Å². The van der Waals surface area contributed by atoms with Crippen molar-refractivity contribution in [3.8, 4) is 17.1 Å². The third kappa shape index (κ3) is 2.85. The van der Waals surface area contributed by atoms with Crippen LogP contribution >= 0.6 is 15.9 Å². The van der Waals surface area contributed by atoms with Crippen molar-refractivity contribution in [2.24, 2.45) is 0 Å². The maximum atomic E-state index is 11.9. The van der Waals surface area contributed by atoms with Crippen molar-refractivity contribution in [1.82, 2.24) is 9.97 Å². The van der Waals surface area contributed by atoms with E-state index in [4.69, 9.17) is 9.47 Å². The molecule has 1 aromatic heterocycles. The first-order chi connectivity index (χ1) is 9.17. The molecule has 0 radical (unpaired) electrons. The van der Waals surface area contributed by atoms with Crippen molar-refractivity contribution in [2.75, 3.05) is 14.2 Å². The van der Waals surface area contributed by atoms with E-state index < -0.39 is 0 Å². The number of hydrogen-bond donors (Lipinski definition) is 1. The van der Waals surface area contributed by atoms with Gasteiger partial charge in [0, 0.05) is 7.11 Å². The third-order valence-corrected chi connectivity index (χ3v) is 3.39. The maximum Gasteiger partial charge on any atom is 0.265 e. The lowest BCUT2D eigenvalue weighted by atomic mass is 10.2. The number of hydrogen-bond acceptors (Lipinski definition) is 4. The number of H-pyrrole nitrogens is 1. The van der Waals surface area contributed by atoms with Gasteiger partial charge in [0.05, 0.1) is 25.0 Å². The summed E-state index contributed by atoms with van der Waals surface area (Å²) in [5.74, 6) is 1.11. The van der Waals surface area contributed by atoms with Gasteiger partial charge in [-0.3, -0.25) is 4.79 Å². The molecule has 1 aromatic carbocycles. The number of para-hydroxylation sites is 1. The van der Waals surface area contributed by atoms with Crippen molar-refractivity contribution < 1.29 is 9.47 Å². The predicted molar refractivity (Wildman–Crippen MR) is 75.3 cm³/mol. The molecule has 1 heterocycles. The lowest BCUT2D eigenvalue weighted by molar-refractivity contribution is 0.180. The van der Waals surface area contributed by atoms with Crippen molar-refractivity contribution in [2.45, 2.75) is 6.61 Å². The minimum absolute atomic E-state index is 0.247. The summed E-state index contributed by atoms with van der Waals surface area (Å²) in [7, 11) is 3.13. The third-order valence-electron chi connectivity index (χ3n) is 2.57. The van der Waals surface area contributed by atoms with Crippen LogP contribution in [0.2, 0.25) is 0 Å². The van der Waals surface area contributed by atoms with Crippen LogP contribution in [0, 0.1) is 0 Å². The highest BCUT2D eigenvalue weighted by Gasteiger charge is 2.12. The number of nitrogens with one attached hydrogen (secondary N) is 1. The van der Waals surface area contributed by atoms with Crippen LogP contribution in [0.3, 0.4) is 0 Å². The Morgan fingerprint density at radius 3 is 2.74 bits per heavy atom. The summed E-state index contributed by atoms with van der Waals surface area (Å²) in [6, 6.07) is 7.36. The molecular weight excluding hydrogens is 312 g/mol. The minimum atomic E-state index is -0.247. The van der Waals surface area contributed by atoms with Gasteiger partial charge >= 0.3 is 0 Å². The number of rotatable bonds is 4. The standard InChI is InChI=1S/C13H13BrN2O3/c1-18-7-9-11(14)13(17)16-12(15-9)8-5-3-4-6-10(8)19-2/h3-6H,7H2,1-2H3,(H,15,16,17). The first-order valence-electron chi connectivity index (χ1n) is 5.58. The molecule has 0 spiro atoms. The van der Waals surface area contributed by atoms with Gasteiger partial charge in [-0.15, -0.1) is 0 Å². The summed E-state index contributed by atoms with van der Waals surface area (Å²) >= 11 is 3.21. The molecule has 0 unspecified atom stereocenters. The molecule has 1 N–H and O–H groups in total. The fourth-order valence-electron chi connectivity index (χ4n) is 1.71. The van der Waals surface area contributed by atoms with E-state index >= 15 is 0 Å². The molecule has 100 valence electrons. The highest BCUT2D eigenvalue weighted by molar-refractivity contribution is 9.10. The normalized spacial score (nSPS) is 10.5. The first-order valence-corrected chi connectivity index (χ1v) is 6.37. The summed E-state index contributed by atoms with van der Waals surface area (Å²) in [6.07, 6.45) is 0. The zero-order chi connectivity index (χ0) is 13.8. The van der Waals surface area contributed by atoms with Crippen LogP contribution in [0.4, 0.5) is 0 Å². The zero-order valence-electron chi connectivity index (χ0n) is 10.6. The largest absolute Gasteiger partial charge is 0.496 e. The molecule has 0 aliphatic heterocycles. The monoisotopic (exact) mass is 324 g/mol. The van der Waals surface area contributed by atoms with Gasteiger partial charge in [0.25, 0.3) is 5.56 Å². The van der Waals surface area contributed by atoms with Crippen molar-refractivity contribution in [1.29, 1.82) is 0 Å². The fourth-order valence-corrected chi connectivity index (χ4v) is 2.01. The van der Waals surface area contributed by atoms with Gasteiger partial charge in [0.1, 0.15) is 16.0 Å². The molecule has 19 heavy (non-hydrogen) atoms. The Morgan fingerprint density at radius 1 is 1.32 bits per heavy atom. The fraction of sp³-hybridized carbons (Fsp3) is 0.231. The molecule has 2 aromatic rings. The van der Waals surface area contributed by atoms with E-state index in [-0.39, 0.29) is 12.2 Å². The van der Waals surface area contributed by atoms with Gasteiger partial charge in [0.2, 0.25) is 0 Å². The molecule has 5 nitrogen and oxygen atoms in total. The highest BCUT2D eigenvalue weighted by Crippen LogP contribution is 2.27. The number of aromatic amines is 1. The van der Waals surface area contributed by atoms with Crippen LogP contribution in [0.15, 0.2) is 33.5 Å². The Kier molecular flexibility index (Phi) is 4.34. The second-order valence-electron chi connectivity index (χ2n) is 3.81. The van der Waals surface area contributed by atoms with Gasteiger partial charge in [-0.25, -0.2) is 4.98 Å². The Labute approximate surface area is 118 Å². The molecule has 0 amide bonds. The molecule has 0 fully saturated rings. The minimum Gasteiger partial charge on any atom is -0.496 e. The second-order valence-corrected chi connectivity index (χ2v) is 4.60. The SMILES string of the molecule is COCc1nc(-c2ccccc2OC)[nH]c(=O)c1Br. The van der Waals surface area contributed by atoms with Crippen molar-refractivity contribution >= 4 is 15.9 Å². The Morgan fingerprint density at radius 2 is 2.05 bits per heavy atom. The van der Waals surface area contributed by atoms with Crippen molar-refractivity contribution in [3.63, 3.8) is 0 Å². The summed E-state index contributed by atoms with van der Waals surface area (Å²) in [5, 5.41) is 0. The Hall–Kier alpha value is -1.66. The molecule has 0 bridgehead atoms. The summed E-state index contributed by atoms with van der Waals surface area (Å²) in [6.45, 7) is 0.257. The number of benzene rings is 1. The number of methoxy groups -OCH3 is 2. The first kappa shape index (κ1) is 13.8. The summed E-state index contributed by atoms with van der Waals surface area (Å²) < 4.78 is 10.7. The van der Waals surface area contributed by atoms with Crippen LogP contribution in [-0.4, -0.2) is 24.2 Å². The van der Waals surface area contributed by atoms with E-state index in [2.05, 4.69) is 25.9 Å². The van der Waals surface area contributed by atoms with Crippen LogP contribution in [-0.2, 0) is 11.3 Å². The average Bonchev–Trinajstić information content (AvgIpc) is 2.43. The lowest BCUT2D eigenvalue weighted by Crippen LogP contribution is -2.14. The van der Waals surface area contributed by atoms with E-state index in [1.807, 2.05) is 24.3 Å². The van der Waals surface area contributed by atoms with E-state index in [1.54, 1.807) is 14.2 Å². The number of nitrogens with zero attached hydrogens (tertiary/aromatic N) is 1. The van der Waals surface area contributed by atoms with Crippen LogP contribution in [0.1, 0.15) is 5.69 Å². The van der Waals surface area contributed by atoms with Gasteiger partial charge < -0.3 is 14.5 Å². The second kappa shape index (κ2) is 5.99. The predicted octanol–water partition coefficient (Wildman–Crippen LogP) is 2.35.